The van der Waals surface area contributed by atoms with E-state index in [1.807, 2.05) is 0 Å². The van der Waals surface area contributed by atoms with Crippen molar-refractivity contribution in [3.8, 4) is 0 Å². The van der Waals surface area contributed by atoms with Gasteiger partial charge in [-0.2, -0.15) is 0 Å². The van der Waals surface area contributed by atoms with Gasteiger partial charge in [0.05, 0.1) is 15.6 Å². The van der Waals surface area contributed by atoms with Crippen LogP contribution in [0.15, 0.2) is 4.13 Å². The van der Waals surface area contributed by atoms with Gasteiger partial charge in [-0.15, -0.1) is 4.13 Å². The molecule has 0 aliphatic heterocycles. The first-order valence-corrected chi connectivity index (χ1v) is 9.33. The van der Waals surface area contributed by atoms with E-state index in [4.69, 9.17) is 25.7 Å². The molecule has 0 heterocycles. The summed E-state index contributed by atoms with van der Waals surface area (Å²) in [6.07, 6.45) is -0.248. The molecule has 10 nitrogen and oxygen atoms in total. The summed E-state index contributed by atoms with van der Waals surface area (Å²) < 4.78 is 26.3. The Kier molecular flexibility index (Phi) is 7.48. The number of aliphatic carboxylic acids is 2. The summed E-state index contributed by atoms with van der Waals surface area (Å²) >= 11 is 0. The molecule has 12 heteroatoms. The quantitative estimate of drug-likeness (QED) is 0.341. The van der Waals surface area contributed by atoms with Crippen molar-refractivity contribution in [2.75, 3.05) is 11.5 Å². The normalized spacial score (nSPS) is 17.5. The molecule has 0 saturated heterocycles. The number of carbonyl (C=O) groups is 2. The van der Waals surface area contributed by atoms with Crippen molar-refractivity contribution in [3.05, 3.63) is 0 Å². The number of carboxylic acids is 2. The van der Waals surface area contributed by atoms with Crippen LogP contribution >= 0.6 is 7.75 Å². The van der Waals surface area contributed by atoms with E-state index in [0.717, 1.165) is 0 Å². The van der Waals surface area contributed by atoms with E-state index in [1.165, 1.54) is 6.92 Å². The highest BCUT2D eigenvalue weighted by atomic mass is 32.2. The summed E-state index contributed by atoms with van der Waals surface area (Å²) in [5, 5.41) is 17.6. The van der Waals surface area contributed by atoms with E-state index in [0.29, 0.717) is 0 Å². The molecule has 0 radical (unpaired) electrons. The van der Waals surface area contributed by atoms with Crippen molar-refractivity contribution in [1.29, 1.82) is 0 Å². The monoisotopic (exact) mass is 346 g/mol. The molecule has 0 rings (SSSR count). The molecule has 3 atom stereocenters. The molecular formula is C9H19N2O8PS. The standard InChI is InChI=1S/C9H19N2O8PS/c1-2-6(8(12)13)5-21(19,11-20(16,17)18)4-3-7(10)9(14)15/h6-7H,2-5,10H2,1H3,(H,12,13)(H,14,15)(H2,16,17,18). The molecule has 0 aromatic carbocycles. The second-order valence-electron chi connectivity index (χ2n) is 4.42. The van der Waals surface area contributed by atoms with Crippen LogP contribution < -0.4 is 5.73 Å². The van der Waals surface area contributed by atoms with Gasteiger partial charge in [-0.1, -0.05) is 6.92 Å². The Morgan fingerprint density at radius 2 is 1.81 bits per heavy atom. The summed E-state index contributed by atoms with van der Waals surface area (Å²) in [6.45, 7) is 1.51. The molecule has 3 unspecified atom stereocenters. The summed E-state index contributed by atoms with van der Waals surface area (Å²) in [7, 11) is -8.59. The maximum Gasteiger partial charge on any atom is 0.456 e. The van der Waals surface area contributed by atoms with Gasteiger partial charge in [0, 0.05) is 11.5 Å². The lowest BCUT2D eigenvalue weighted by Gasteiger charge is -2.16. The van der Waals surface area contributed by atoms with Gasteiger partial charge in [0.25, 0.3) is 0 Å². The summed E-state index contributed by atoms with van der Waals surface area (Å²) in [4.78, 5) is 39.2. The van der Waals surface area contributed by atoms with Gasteiger partial charge in [-0.3, -0.25) is 9.59 Å². The third-order valence-electron chi connectivity index (χ3n) is 2.62. The predicted molar refractivity (Wildman–Crippen MR) is 74.0 cm³/mol. The third-order valence-corrected chi connectivity index (χ3v) is 6.46. The lowest BCUT2D eigenvalue weighted by Crippen LogP contribution is -2.33. The van der Waals surface area contributed by atoms with Crippen LogP contribution in [0.25, 0.3) is 0 Å². The average molecular weight is 346 g/mol. The lowest BCUT2D eigenvalue weighted by molar-refractivity contribution is -0.141. The number of hydrogen-bond acceptors (Lipinski definition) is 5. The van der Waals surface area contributed by atoms with Gasteiger partial charge < -0.3 is 25.7 Å². The summed E-state index contributed by atoms with van der Waals surface area (Å²) in [6, 6.07) is -1.37. The van der Waals surface area contributed by atoms with Crippen LogP contribution in [0.3, 0.4) is 0 Å². The zero-order valence-electron chi connectivity index (χ0n) is 11.3. The lowest BCUT2D eigenvalue weighted by atomic mass is 10.1. The maximum absolute atomic E-state index is 12.4. The zero-order chi connectivity index (χ0) is 16.8. The fourth-order valence-corrected chi connectivity index (χ4v) is 5.40. The molecular weight excluding hydrogens is 327 g/mol. The summed E-state index contributed by atoms with van der Waals surface area (Å²) in [5.74, 6) is -4.81. The van der Waals surface area contributed by atoms with Crippen LogP contribution in [-0.4, -0.2) is 53.7 Å². The largest absolute Gasteiger partial charge is 0.481 e. The number of hydrogen-bond donors (Lipinski definition) is 5. The van der Waals surface area contributed by atoms with E-state index in [2.05, 4.69) is 4.13 Å². The average Bonchev–Trinajstić information content (AvgIpc) is 2.30. The highest BCUT2D eigenvalue weighted by molar-refractivity contribution is 7.96. The zero-order valence-corrected chi connectivity index (χ0v) is 13.0. The van der Waals surface area contributed by atoms with Crippen molar-refractivity contribution >= 4 is 29.4 Å². The van der Waals surface area contributed by atoms with Crippen molar-refractivity contribution in [1.82, 2.24) is 0 Å². The Bertz CT molecular complexity index is 550. The fraction of sp³-hybridized carbons (Fsp3) is 0.778. The van der Waals surface area contributed by atoms with Gasteiger partial charge in [0.15, 0.2) is 0 Å². The Morgan fingerprint density at radius 1 is 1.29 bits per heavy atom. The molecule has 21 heavy (non-hydrogen) atoms. The minimum absolute atomic E-state index is 0.0913. The molecule has 0 spiro atoms. The maximum atomic E-state index is 12.4. The molecule has 0 bridgehead atoms. The van der Waals surface area contributed by atoms with Crippen LogP contribution in [0.1, 0.15) is 19.8 Å². The highest BCUT2D eigenvalue weighted by Gasteiger charge is 2.27. The van der Waals surface area contributed by atoms with E-state index in [9.17, 15) is 18.4 Å². The molecule has 124 valence electrons. The SMILES string of the molecule is CCC(CS(=O)(CCC(N)C(=O)O)=NP(=O)(O)O)C(=O)O. The summed E-state index contributed by atoms with van der Waals surface area (Å²) in [5.41, 5.74) is 5.23. The number of rotatable bonds is 9. The Morgan fingerprint density at radius 3 is 2.14 bits per heavy atom. The van der Waals surface area contributed by atoms with E-state index < -0.39 is 52.9 Å². The van der Waals surface area contributed by atoms with Gasteiger partial charge in [-0.25, -0.2) is 8.77 Å². The fourth-order valence-electron chi connectivity index (χ4n) is 1.46. The van der Waals surface area contributed by atoms with Crippen LogP contribution in [0.2, 0.25) is 0 Å². The molecule has 0 aromatic rings. The van der Waals surface area contributed by atoms with Crippen molar-refractivity contribution in [2.45, 2.75) is 25.8 Å². The second-order valence-corrected chi connectivity index (χ2v) is 8.38. The van der Waals surface area contributed by atoms with E-state index in [1.54, 1.807) is 0 Å². The predicted octanol–water partition coefficient (Wildman–Crippen LogP) is -0.540. The molecule has 0 aliphatic carbocycles. The van der Waals surface area contributed by atoms with Crippen LogP contribution in [0.4, 0.5) is 0 Å². The smallest absolute Gasteiger partial charge is 0.456 e. The van der Waals surface area contributed by atoms with Gasteiger partial charge in [0.1, 0.15) is 6.04 Å². The Labute approximate surface area is 121 Å². The first kappa shape index (κ1) is 20.0. The minimum atomic E-state index is -5.00. The Balaban J connectivity index is 5.36. The van der Waals surface area contributed by atoms with Crippen molar-refractivity contribution < 1.29 is 38.4 Å². The van der Waals surface area contributed by atoms with Crippen molar-refractivity contribution in [3.63, 3.8) is 0 Å². The molecule has 0 fully saturated rings. The Hall–Kier alpha value is -1.00. The van der Waals surface area contributed by atoms with Crippen LogP contribution in [0, 0.1) is 5.92 Å². The molecule has 0 aliphatic rings. The number of nitrogens with zero attached hydrogens (tertiary/aromatic N) is 1. The van der Waals surface area contributed by atoms with Crippen LogP contribution in [0.5, 0.6) is 0 Å². The van der Waals surface area contributed by atoms with Gasteiger partial charge in [0.2, 0.25) is 0 Å². The highest BCUT2D eigenvalue weighted by Crippen LogP contribution is 2.38. The van der Waals surface area contributed by atoms with Gasteiger partial charge >= 0.3 is 19.7 Å². The minimum Gasteiger partial charge on any atom is -0.481 e. The van der Waals surface area contributed by atoms with E-state index in [-0.39, 0.29) is 12.8 Å². The van der Waals surface area contributed by atoms with Crippen LogP contribution in [-0.2, 0) is 23.9 Å². The molecule has 0 aromatic heterocycles. The third kappa shape index (κ3) is 8.12. The molecule has 6 N–H and O–H groups in total. The van der Waals surface area contributed by atoms with Crippen molar-refractivity contribution in [2.24, 2.45) is 15.8 Å². The molecule has 0 saturated carbocycles. The number of carboxylic acid groups (broad SMARTS) is 2. The van der Waals surface area contributed by atoms with E-state index >= 15 is 0 Å². The second kappa shape index (κ2) is 7.85. The number of nitrogens with two attached hydrogens (primary N) is 1. The topological polar surface area (TPSA) is 188 Å². The first-order valence-electron chi connectivity index (χ1n) is 5.91. The first-order chi connectivity index (χ1) is 9.40. The van der Waals surface area contributed by atoms with Gasteiger partial charge in [-0.05, 0) is 12.8 Å². The molecule has 0 amide bonds.